The van der Waals surface area contributed by atoms with Crippen molar-refractivity contribution >= 4 is 20.7 Å². The molecule has 0 saturated carbocycles. The molecule has 0 atom stereocenters. The lowest BCUT2D eigenvalue weighted by Gasteiger charge is -2.14. The van der Waals surface area contributed by atoms with Crippen LogP contribution in [0.15, 0.2) is 47.5 Å². The number of ether oxygens (including phenoxy) is 2. The Kier molecular flexibility index (Phi) is 5.02. The van der Waals surface area contributed by atoms with Crippen LogP contribution in [-0.4, -0.2) is 26.8 Å². The van der Waals surface area contributed by atoms with E-state index in [2.05, 4.69) is 4.98 Å². The van der Waals surface area contributed by atoms with Crippen molar-refractivity contribution in [3.8, 4) is 17.6 Å². The summed E-state index contributed by atoms with van der Waals surface area (Å²) in [5.41, 5.74) is 2.01. The Hall–Kier alpha value is -3.11. The van der Waals surface area contributed by atoms with E-state index < -0.39 is 9.84 Å². The van der Waals surface area contributed by atoms with E-state index >= 15 is 0 Å². The zero-order valence-electron chi connectivity index (χ0n) is 15.2. The van der Waals surface area contributed by atoms with E-state index in [1.807, 2.05) is 36.4 Å². The van der Waals surface area contributed by atoms with Gasteiger partial charge >= 0.3 is 0 Å². The molecule has 0 aliphatic rings. The van der Waals surface area contributed by atoms with Crippen molar-refractivity contribution in [3.63, 3.8) is 0 Å². The molecule has 1 aromatic heterocycles. The number of pyridine rings is 1. The SMILES string of the molecule is COc1cc2nc(S(C)(=O)=O)c(C#N)c(C)c2cc1OCc1ccccc1. The van der Waals surface area contributed by atoms with Crippen molar-refractivity contribution in [1.82, 2.24) is 4.98 Å². The number of nitrogens with zero attached hydrogens (tertiary/aromatic N) is 2. The molecule has 6 nitrogen and oxygen atoms in total. The summed E-state index contributed by atoms with van der Waals surface area (Å²) in [6.45, 7) is 2.05. The Labute approximate surface area is 157 Å². The number of methoxy groups -OCH3 is 1. The number of rotatable bonds is 5. The molecule has 0 unspecified atom stereocenters. The molecule has 2 aromatic carbocycles. The van der Waals surface area contributed by atoms with Gasteiger partial charge in [0.1, 0.15) is 12.7 Å². The minimum atomic E-state index is -3.64. The molecule has 0 N–H and O–H groups in total. The molecule has 27 heavy (non-hydrogen) atoms. The number of aryl methyl sites for hydroxylation is 1. The van der Waals surface area contributed by atoms with Gasteiger partial charge in [0.15, 0.2) is 26.4 Å². The molecule has 0 amide bonds. The van der Waals surface area contributed by atoms with Gasteiger partial charge in [-0.25, -0.2) is 13.4 Å². The van der Waals surface area contributed by atoms with Crippen LogP contribution in [0.4, 0.5) is 0 Å². The zero-order chi connectivity index (χ0) is 19.6. The summed E-state index contributed by atoms with van der Waals surface area (Å²) in [4.78, 5) is 4.20. The third-order valence-corrected chi connectivity index (χ3v) is 5.19. The molecule has 0 bridgehead atoms. The van der Waals surface area contributed by atoms with Crippen LogP contribution in [0.25, 0.3) is 10.9 Å². The van der Waals surface area contributed by atoms with Gasteiger partial charge in [0.2, 0.25) is 0 Å². The van der Waals surface area contributed by atoms with E-state index in [0.717, 1.165) is 11.8 Å². The van der Waals surface area contributed by atoms with Crippen LogP contribution < -0.4 is 9.47 Å². The molecular formula is C20H18N2O4S. The van der Waals surface area contributed by atoms with Crippen molar-refractivity contribution in [2.45, 2.75) is 18.6 Å². The minimum Gasteiger partial charge on any atom is -0.493 e. The lowest BCUT2D eigenvalue weighted by molar-refractivity contribution is 0.285. The van der Waals surface area contributed by atoms with Crippen molar-refractivity contribution in [2.24, 2.45) is 0 Å². The Balaban J connectivity index is 2.14. The van der Waals surface area contributed by atoms with E-state index in [0.29, 0.717) is 34.6 Å². The van der Waals surface area contributed by atoms with Gasteiger partial charge in [0.05, 0.1) is 18.2 Å². The van der Waals surface area contributed by atoms with Crippen molar-refractivity contribution < 1.29 is 17.9 Å². The Bertz CT molecular complexity index is 1150. The fourth-order valence-corrected chi connectivity index (χ4v) is 3.64. The molecule has 0 spiro atoms. The second-order valence-corrected chi connectivity index (χ2v) is 8.03. The van der Waals surface area contributed by atoms with Crippen molar-refractivity contribution in [3.05, 3.63) is 59.2 Å². The van der Waals surface area contributed by atoms with E-state index in [9.17, 15) is 13.7 Å². The second kappa shape index (κ2) is 7.25. The Morgan fingerprint density at radius 2 is 1.85 bits per heavy atom. The number of hydrogen-bond donors (Lipinski definition) is 0. The average Bonchev–Trinajstić information content (AvgIpc) is 2.65. The van der Waals surface area contributed by atoms with Gasteiger partial charge in [-0.2, -0.15) is 5.26 Å². The van der Waals surface area contributed by atoms with Gasteiger partial charge < -0.3 is 9.47 Å². The molecule has 0 saturated heterocycles. The van der Waals surface area contributed by atoms with Crippen molar-refractivity contribution in [1.29, 1.82) is 5.26 Å². The Morgan fingerprint density at radius 1 is 1.15 bits per heavy atom. The maximum absolute atomic E-state index is 12.0. The Morgan fingerprint density at radius 3 is 2.44 bits per heavy atom. The predicted molar refractivity (Wildman–Crippen MR) is 102 cm³/mol. The monoisotopic (exact) mass is 382 g/mol. The summed E-state index contributed by atoms with van der Waals surface area (Å²) in [5, 5.41) is 9.85. The van der Waals surface area contributed by atoms with Gasteiger partial charge in [-0.1, -0.05) is 30.3 Å². The highest BCUT2D eigenvalue weighted by Crippen LogP contribution is 2.35. The number of benzene rings is 2. The number of aromatic nitrogens is 1. The number of sulfone groups is 1. The fraction of sp³-hybridized carbons (Fsp3) is 0.200. The van der Waals surface area contributed by atoms with Crippen molar-refractivity contribution in [2.75, 3.05) is 13.4 Å². The van der Waals surface area contributed by atoms with Crippen LogP contribution in [0.5, 0.6) is 11.5 Å². The largest absolute Gasteiger partial charge is 0.493 e. The lowest BCUT2D eigenvalue weighted by atomic mass is 10.1. The number of nitriles is 1. The van der Waals surface area contributed by atoms with E-state index in [1.165, 1.54) is 7.11 Å². The van der Waals surface area contributed by atoms with Crippen LogP contribution in [0.3, 0.4) is 0 Å². The first-order valence-electron chi connectivity index (χ1n) is 8.14. The first-order chi connectivity index (χ1) is 12.8. The molecule has 1 heterocycles. The average molecular weight is 382 g/mol. The molecule has 3 aromatic rings. The highest BCUT2D eigenvalue weighted by atomic mass is 32.2. The molecule has 0 aliphatic heterocycles. The first-order valence-corrected chi connectivity index (χ1v) is 10.0. The van der Waals surface area contributed by atoms with Crippen LogP contribution in [0.2, 0.25) is 0 Å². The summed E-state index contributed by atoms with van der Waals surface area (Å²) in [6, 6.07) is 15.0. The van der Waals surface area contributed by atoms with Crippen LogP contribution in [-0.2, 0) is 16.4 Å². The molecule has 0 aliphatic carbocycles. The quantitative estimate of drug-likeness (QED) is 0.672. The summed E-state index contributed by atoms with van der Waals surface area (Å²) < 4.78 is 35.3. The fourth-order valence-electron chi connectivity index (χ4n) is 2.81. The van der Waals surface area contributed by atoms with E-state index in [1.54, 1.807) is 19.1 Å². The zero-order valence-corrected chi connectivity index (χ0v) is 16.0. The van der Waals surface area contributed by atoms with Gasteiger partial charge in [-0.05, 0) is 24.1 Å². The van der Waals surface area contributed by atoms with Gasteiger partial charge in [-0.3, -0.25) is 0 Å². The maximum atomic E-state index is 12.0. The van der Waals surface area contributed by atoms with E-state index in [4.69, 9.17) is 9.47 Å². The molecular weight excluding hydrogens is 364 g/mol. The summed E-state index contributed by atoms with van der Waals surface area (Å²) >= 11 is 0. The molecule has 3 rings (SSSR count). The van der Waals surface area contributed by atoms with Gasteiger partial charge in [-0.15, -0.1) is 0 Å². The molecule has 7 heteroatoms. The minimum absolute atomic E-state index is 0.0455. The topological polar surface area (TPSA) is 89.3 Å². The standard InChI is InChI=1S/C20H18N2O4S/c1-13-15-9-19(26-12-14-7-5-4-6-8-14)18(25-2)10-17(15)22-20(16(13)11-21)27(3,23)24/h4-10H,12H2,1-3H3. The molecule has 0 fully saturated rings. The molecule has 138 valence electrons. The smallest absolute Gasteiger partial charge is 0.194 e. The number of fused-ring (bicyclic) bond motifs is 1. The highest BCUT2D eigenvalue weighted by molar-refractivity contribution is 7.90. The predicted octanol–water partition coefficient (Wildman–Crippen LogP) is 3.41. The summed E-state index contributed by atoms with van der Waals surface area (Å²) in [6.07, 6.45) is 1.04. The first kappa shape index (κ1) is 18.7. The second-order valence-electron chi connectivity index (χ2n) is 6.10. The number of hydrogen-bond acceptors (Lipinski definition) is 6. The van der Waals surface area contributed by atoms with Crippen LogP contribution in [0, 0.1) is 18.3 Å². The van der Waals surface area contributed by atoms with Gasteiger partial charge in [0.25, 0.3) is 0 Å². The summed E-state index contributed by atoms with van der Waals surface area (Å²) in [5.74, 6) is 0.934. The van der Waals surface area contributed by atoms with Gasteiger partial charge in [0, 0.05) is 17.7 Å². The molecule has 0 radical (unpaired) electrons. The lowest BCUT2D eigenvalue weighted by Crippen LogP contribution is -2.07. The maximum Gasteiger partial charge on any atom is 0.194 e. The normalized spacial score (nSPS) is 11.2. The third kappa shape index (κ3) is 3.71. The van der Waals surface area contributed by atoms with Crippen LogP contribution >= 0.6 is 0 Å². The van der Waals surface area contributed by atoms with Crippen LogP contribution in [0.1, 0.15) is 16.7 Å². The highest BCUT2D eigenvalue weighted by Gasteiger charge is 2.21. The third-order valence-electron chi connectivity index (χ3n) is 4.20. The van der Waals surface area contributed by atoms with E-state index in [-0.39, 0.29) is 10.6 Å². The summed E-state index contributed by atoms with van der Waals surface area (Å²) in [7, 11) is -2.14.